The lowest BCUT2D eigenvalue weighted by molar-refractivity contribution is 0.346. The molecule has 118 valence electrons. The van der Waals surface area contributed by atoms with Crippen molar-refractivity contribution < 1.29 is 24.5 Å². The molecule has 3 rings (SSSR count). The van der Waals surface area contributed by atoms with E-state index in [1.807, 2.05) is 0 Å². The van der Waals surface area contributed by atoms with E-state index in [1.54, 1.807) is 19.1 Å². The number of fused-ring (bicyclic) bond motifs is 1. The first kappa shape index (κ1) is 14.8. The van der Waals surface area contributed by atoms with Crippen molar-refractivity contribution in [3.63, 3.8) is 0 Å². The van der Waals surface area contributed by atoms with Crippen molar-refractivity contribution in [1.29, 1.82) is 0 Å². The molecule has 0 unspecified atom stereocenters. The monoisotopic (exact) mass is 314 g/mol. The zero-order valence-corrected chi connectivity index (χ0v) is 12.5. The number of ether oxygens (including phenoxy) is 1. The number of benzene rings is 2. The van der Waals surface area contributed by atoms with Crippen LogP contribution in [-0.4, -0.2) is 22.4 Å². The van der Waals surface area contributed by atoms with Gasteiger partial charge in [0.1, 0.15) is 23.0 Å². The van der Waals surface area contributed by atoms with E-state index in [2.05, 4.69) is 0 Å². The van der Waals surface area contributed by atoms with E-state index in [1.165, 1.54) is 25.5 Å². The molecular weight excluding hydrogens is 300 g/mol. The number of rotatable bonds is 2. The summed E-state index contributed by atoms with van der Waals surface area (Å²) in [7, 11) is 1.27. The molecule has 0 saturated heterocycles. The molecule has 1 aromatic heterocycles. The first-order valence-electron chi connectivity index (χ1n) is 6.78. The van der Waals surface area contributed by atoms with Crippen LogP contribution < -0.4 is 10.2 Å². The Labute approximate surface area is 130 Å². The molecule has 6 nitrogen and oxygen atoms in total. The molecule has 0 aliphatic carbocycles. The fourth-order valence-electron chi connectivity index (χ4n) is 2.46. The van der Waals surface area contributed by atoms with E-state index >= 15 is 0 Å². The van der Waals surface area contributed by atoms with E-state index in [4.69, 9.17) is 9.15 Å². The van der Waals surface area contributed by atoms with Crippen LogP contribution in [0.1, 0.15) is 5.56 Å². The second-order valence-electron chi connectivity index (χ2n) is 5.13. The van der Waals surface area contributed by atoms with Crippen LogP contribution in [0, 0.1) is 6.92 Å². The SMILES string of the molecule is COc1c(O)cc2occ(-c3ccc(O)c(C)c3)c(=O)c2c1O. The maximum absolute atomic E-state index is 12.7. The second-order valence-corrected chi connectivity index (χ2v) is 5.13. The van der Waals surface area contributed by atoms with Crippen molar-refractivity contribution in [1.82, 2.24) is 0 Å². The summed E-state index contributed by atoms with van der Waals surface area (Å²) in [6, 6.07) is 5.91. The van der Waals surface area contributed by atoms with Crippen molar-refractivity contribution >= 4 is 11.0 Å². The average Bonchev–Trinajstić information content (AvgIpc) is 2.50. The van der Waals surface area contributed by atoms with Gasteiger partial charge in [-0.15, -0.1) is 0 Å². The molecule has 0 aliphatic heterocycles. The van der Waals surface area contributed by atoms with Gasteiger partial charge in [-0.3, -0.25) is 4.79 Å². The Morgan fingerprint density at radius 1 is 1.09 bits per heavy atom. The summed E-state index contributed by atoms with van der Waals surface area (Å²) in [6.07, 6.45) is 1.25. The molecule has 0 amide bonds. The Hall–Kier alpha value is -3.15. The van der Waals surface area contributed by atoms with E-state index in [0.717, 1.165) is 0 Å². The Morgan fingerprint density at radius 2 is 1.83 bits per heavy atom. The highest BCUT2D eigenvalue weighted by atomic mass is 16.5. The highest BCUT2D eigenvalue weighted by Gasteiger charge is 2.19. The van der Waals surface area contributed by atoms with Crippen LogP contribution >= 0.6 is 0 Å². The van der Waals surface area contributed by atoms with Crippen LogP contribution in [0.4, 0.5) is 0 Å². The van der Waals surface area contributed by atoms with E-state index < -0.39 is 11.2 Å². The van der Waals surface area contributed by atoms with Gasteiger partial charge in [-0.1, -0.05) is 6.07 Å². The fourth-order valence-corrected chi connectivity index (χ4v) is 2.46. The van der Waals surface area contributed by atoms with Crippen molar-refractivity contribution in [3.8, 4) is 34.1 Å². The highest BCUT2D eigenvalue weighted by Crippen LogP contribution is 2.41. The molecule has 0 fully saturated rings. The normalized spacial score (nSPS) is 10.9. The number of aromatic hydroxyl groups is 3. The molecule has 0 aliphatic rings. The van der Waals surface area contributed by atoms with Crippen LogP contribution in [0.2, 0.25) is 0 Å². The lowest BCUT2D eigenvalue weighted by Crippen LogP contribution is -2.05. The van der Waals surface area contributed by atoms with Gasteiger partial charge in [0, 0.05) is 6.07 Å². The summed E-state index contributed by atoms with van der Waals surface area (Å²) < 4.78 is 10.3. The first-order valence-corrected chi connectivity index (χ1v) is 6.78. The van der Waals surface area contributed by atoms with Gasteiger partial charge in [-0.05, 0) is 30.2 Å². The molecule has 6 heteroatoms. The Bertz CT molecular complexity index is 971. The zero-order valence-electron chi connectivity index (χ0n) is 12.5. The minimum Gasteiger partial charge on any atom is -0.508 e. The Balaban J connectivity index is 2.34. The molecular formula is C17H14O6. The summed E-state index contributed by atoms with van der Waals surface area (Å²) in [5, 5.41) is 29.5. The Kier molecular flexibility index (Phi) is 3.37. The molecule has 3 aromatic rings. The summed E-state index contributed by atoms with van der Waals surface area (Å²) >= 11 is 0. The molecule has 0 atom stereocenters. The number of aryl methyl sites for hydroxylation is 1. The largest absolute Gasteiger partial charge is 0.508 e. The van der Waals surface area contributed by atoms with Gasteiger partial charge < -0.3 is 24.5 Å². The molecule has 0 spiro atoms. The standard InChI is InChI=1S/C17H14O6/c1-8-5-9(3-4-11(8)18)10-7-23-13-6-12(19)17(22-2)16(21)14(13)15(10)20/h3-7,18-19,21H,1-2H3. The number of hydrogen-bond acceptors (Lipinski definition) is 6. The van der Waals surface area contributed by atoms with Gasteiger partial charge in [-0.25, -0.2) is 0 Å². The molecule has 0 radical (unpaired) electrons. The van der Waals surface area contributed by atoms with Crippen molar-refractivity contribution in [3.05, 3.63) is 46.3 Å². The third-order valence-electron chi connectivity index (χ3n) is 3.69. The third-order valence-corrected chi connectivity index (χ3v) is 3.69. The summed E-state index contributed by atoms with van der Waals surface area (Å²) in [6.45, 7) is 1.71. The summed E-state index contributed by atoms with van der Waals surface area (Å²) in [5.74, 6) is -0.875. The van der Waals surface area contributed by atoms with Crippen molar-refractivity contribution in [2.45, 2.75) is 6.92 Å². The van der Waals surface area contributed by atoms with E-state index in [0.29, 0.717) is 11.1 Å². The third kappa shape index (κ3) is 2.24. The number of phenols is 3. The topological polar surface area (TPSA) is 100 Å². The number of methoxy groups -OCH3 is 1. The maximum Gasteiger partial charge on any atom is 0.204 e. The van der Waals surface area contributed by atoms with Crippen LogP contribution in [0.15, 0.2) is 39.7 Å². The van der Waals surface area contributed by atoms with Gasteiger partial charge in [0.15, 0.2) is 11.5 Å². The predicted octanol–water partition coefficient (Wildman–Crippen LogP) is 2.89. The predicted molar refractivity (Wildman–Crippen MR) is 84.2 cm³/mol. The van der Waals surface area contributed by atoms with Gasteiger partial charge in [0.05, 0.1) is 12.7 Å². The first-order chi connectivity index (χ1) is 10.9. The summed E-state index contributed by atoms with van der Waals surface area (Å²) in [5.41, 5.74) is 0.956. The second kappa shape index (κ2) is 5.24. The molecule has 1 heterocycles. The lowest BCUT2D eigenvalue weighted by Gasteiger charge is -2.09. The van der Waals surface area contributed by atoms with Gasteiger partial charge in [0.2, 0.25) is 11.2 Å². The molecule has 0 saturated carbocycles. The van der Waals surface area contributed by atoms with Crippen LogP contribution in [0.25, 0.3) is 22.1 Å². The van der Waals surface area contributed by atoms with Crippen LogP contribution in [-0.2, 0) is 0 Å². The minimum absolute atomic E-state index is 0.0463. The Morgan fingerprint density at radius 3 is 2.48 bits per heavy atom. The maximum atomic E-state index is 12.7. The van der Waals surface area contributed by atoms with E-state index in [9.17, 15) is 20.1 Å². The van der Waals surface area contributed by atoms with Crippen molar-refractivity contribution in [2.24, 2.45) is 0 Å². The smallest absolute Gasteiger partial charge is 0.204 e. The zero-order chi connectivity index (χ0) is 16.7. The average molecular weight is 314 g/mol. The molecule has 23 heavy (non-hydrogen) atoms. The van der Waals surface area contributed by atoms with Crippen LogP contribution in [0.5, 0.6) is 23.0 Å². The number of phenolic OH excluding ortho intramolecular Hbond substituents is 3. The minimum atomic E-state index is -0.478. The quantitative estimate of drug-likeness (QED) is 0.672. The molecule has 0 bridgehead atoms. The van der Waals surface area contributed by atoms with E-state index in [-0.39, 0.29) is 33.8 Å². The van der Waals surface area contributed by atoms with Gasteiger partial charge in [-0.2, -0.15) is 0 Å². The van der Waals surface area contributed by atoms with Gasteiger partial charge in [0.25, 0.3) is 0 Å². The fraction of sp³-hybridized carbons (Fsp3) is 0.118. The lowest BCUT2D eigenvalue weighted by atomic mass is 10.0. The van der Waals surface area contributed by atoms with Crippen LogP contribution in [0.3, 0.4) is 0 Å². The van der Waals surface area contributed by atoms with Gasteiger partial charge >= 0.3 is 0 Å². The number of hydrogen-bond donors (Lipinski definition) is 3. The summed E-state index contributed by atoms with van der Waals surface area (Å²) in [4.78, 5) is 12.7. The highest BCUT2D eigenvalue weighted by molar-refractivity contribution is 5.91. The molecule has 3 N–H and O–H groups in total. The van der Waals surface area contributed by atoms with Crippen molar-refractivity contribution in [2.75, 3.05) is 7.11 Å². The molecule has 2 aromatic carbocycles.